The second kappa shape index (κ2) is 9.61. The highest BCUT2D eigenvalue weighted by Crippen LogP contribution is 2.34. The van der Waals surface area contributed by atoms with Crippen molar-refractivity contribution in [1.82, 2.24) is 0 Å². The van der Waals surface area contributed by atoms with E-state index in [1.165, 1.54) is 0 Å². The van der Waals surface area contributed by atoms with Gasteiger partial charge in [-0.25, -0.2) is 4.39 Å². The highest BCUT2D eigenvalue weighted by Gasteiger charge is 2.44. The molecule has 0 aliphatic carbocycles. The molecule has 2 aliphatic rings. The van der Waals surface area contributed by atoms with Gasteiger partial charge >= 0.3 is 0 Å². The lowest BCUT2D eigenvalue weighted by Crippen LogP contribution is -2.55. The predicted octanol–water partition coefficient (Wildman–Crippen LogP) is 1.56. The van der Waals surface area contributed by atoms with Crippen LogP contribution in [0.5, 0.6) is 5.75 Å². The fourth-order valence-electron chi connectivity index (χ4n) is 3.83. The first-order valence-electron chi connectivity index (χ1n) is 10.4. The first-order chi connectivity index (χ1) is 15.3. The van der Waals surface area contributed by atoms with E-state index in [1.54, 1.807) is 30.3 Å². The van der Waals surface area contributed by atoms with Crippen molar-refractivity contribution in [2.75, 3.05) is 26.4 Å². The lowest BCUT2D eigenvalue weighted by atomic mass is 9.90. The van der Waals surface area contributed by atoms with E-state index in [-0.39, 0.29) is 19.8 Å². The van der Waals surface area contributed by atoms with Crippen molar-refractivity contribution in [3.8, 4) is 5.75 Å². The van der Waals surface area contributed by atoms with E-state index in [1.807, 2.05) is 12.1 Å². The smallest absolute Gasteiger partial charge is 0.190 e. The maximum absolute atomic E-state index is 14.0. The zero-order chi connectivity index (χ0) is 22.9. The summed E-state index contributed by atoms with van der Waals surface area (Å²) in [6, 6.07) is 12.3. The molecule has 0 radical (unpaired) electrons. The summed E-state index contributed by atoms with van der Waals surface area (Å²) in [5.41, 5.74) is 0.852. The standard InChI is InChI=1S/C23H26ClFO7/c24-17-6-3-14(22-21(29)20(28)19(27)18(9-26)32-22)8-15(17)7-13-1-4-16(5-2-13)31-12-23(25)10-30-11-23/h1-6,8,18-22,26-29H,7,9-12H2/t18?,19-,20+,21-,22+/m1/s1. The minimum Gasteiger partial charge on any atom is -0.490 e. The fraction of sp³-hybridized carbons (Fsp3) is 0.478. The van der Waals surface area contributed by atoms with Crippen LogP contribution >= 0.6 is 11.6 Å². The molecule has 0 saturated carbocycles. The molecule has 2 aliphatic heterocycles. The molecule has 0 aromatic heterocycles. The SMILES string of the molecule is OCC1O[C@@H](c2ccc(Cl)c(Cc3ccc(OCC4(F)COC4)cc3)c2)[C@H](O)[C@@H](O)[C@@H]1O. The van der Waals surface area contributed by atoms with Crippen LogP contribution in [0.3, 0.4) is 0 Å². The molecule has 4 rings (SSSR count). The van der Waals surface area contributed by atoms with Gasteiger partial charge in [-0.3, -0.25) is 0 Å². The van der Waals surface area contributed by atoms with Crippen LogP contribution in [0, 0.1) is 0 Å². The van der Waals surface area contributed by atoms with Crippen molar-refractivity contribution in [2.45, 2.75) is 42.6 Å². The molecule has 32 heavy (non-hydrogen) atoms. The molecule has 2 heterocycles. The molecule has 2 aromatic carbocycles. The molecule has 1 unspecified atom stereocenters. The summed E-state index contributed by atoms with van der Waals surface area (Å²) in [5.74, 6) is 0.554. The van der Waals surface area contributed by atoms with Gasteiger partial charge in [0.05, 0.1) is 19.8 Å². The first kappa shape index (κ1) is 23.4. The van der Waals surface area contributed by atoms with E-state index >= 15 is 0 Å². The summed E-state index contributed by atoms with van der Waals surface area (Å²) in [6.45, 7) is -0.449. The summed E-state index contributed by atoms with van der Waals surface area (Å²) in [6.07, 6.45) is -5.67. The van der Waals surface area contributed by atoms with Gasteiger partial charge in [0.15, 0.2) is 5.67 Å². The zero-order valence-corrected chi connectivity index (χ0v) is 18.0. The molecular formula is C23H26ClFO7. The van der Waals surface area contributed by atoms with E-state index in [2.05, 4.69) is 0 Å². The Morgan fingerprint density at radius 1 is 1.03 bits per heavy atom. The van der Waals surface area contributed by atoms with Gasteiger partial charge in [0.25, 0.3) is 0 Å². The third-order valence-electron chi connectivity index (χ3n) is 5.83. The van der Waals surface area contributed by atoms with Gasteiger partial charge in [-0.05, 0) is 41.3 Å². The van der Waals surface area contributed by atoms with Crippen LogP contribution in [0.1, 0.15) is 22.8 Å². The summed E-state index contributed by atoms with van der Waals surface area (Å²) < 4.78 is 30.0. The van der Waals surface area contributed by atoms with Gasteiger partial charge < -0.3 is 34.6 Å². The zero-order valence-electron chi connectivity index (χ0n) is 17.2. The highest BCUT2D eigenvalue weighted by molar-refractivity contribution is 6.31. The van der Waals surface area contributed by atoms with E-state index < -0.39 is 42.8 Å². The number of benzene rings is 2. The van der Waals surface area contributed by atoms with E-state index in [0.29, 0.717) is 22.8 Å². The van der Waals surface area contributed by atoms with Crippen LogP contribution in [0.15, 0.2) is 42.5 Å². The Morgan fingerprint density at radius 3 is 2.38 bits per heavy atom. The predicted molar refractivity (Wildman–Crippen MR) is 114 cm³/mol. The van der Waals surface area contributed by atoms with Crippen LogP contribution < -0.4 is 4.74 Å². The Hall–Kier alpha value is -1.78. The quantitative estimate of drug-likeness (QED) is 0.488. The molecule has 174 valence electrons. The van der Waals surface area contributed by atoms with Crippen LogP contribution in [-0.2, 0) is 15.9 Å². The summed E-state index contributed by atoms with van der Waals surface area (Å²) in [4.78, 5) is 0. The summed E-state index contributed by atoms with van der Waals surface area (Å²) >= 11 is 6.37. The van der Waals surface area contributed by atoms with Crippen molar-refractivity contribution in [3.05, 3.63) is 64.2 Å². The molecule has 2 fully saturated rings. The molecule has 2 aromatic rings. The molecule has 2 saturated heterocycles. The van der Waals surface area contributed by atoms with E-state index in [9.17, 15) is 24.8 Å². The van der Waals surface area contributed by atoms with Crippen LogP contribution in [-0.4, -0.2) is 76.9 Å². The Labute approximate surface area is 189 Å². The second-order valence-electron chi connectivity index (χ2n) is 8.35. The number of alkyl halides is 1. The molecule has 0 bridgehead atoms. The maximum atomic E-state index is 14.0. The van der Waals surface area contributed by atoms with Crippen LogP contribution in [0.2, 0.25) is 5.02 Å². The Morgan fingerprint density at radius 2 is 1.75 bits per heavy atom. The van der Waals surface area contributed by atoms with Gasteiger partial charge in [0.2, 0.25) is 0 Å². The number of aliphatic hydroxyl groups is 4. The van der Waals surface area contributed by atoms with Gasteiger partial charge in [-0.2, -0.15) is 0 Å². The average molecular weight is 469 g/mol. The minimum absolute atomic E-state index is 0.0500. The van der Waals surface area contributed by atoms with Gasteiger partial charge in [-0.15, -0.1) is 0 Å². The molecule has 0 spiro atoms. The number of hydrogen-bond donors (Lipinski definition) is 4. The number of aliphatic hydroxyl groups excluding tert-OH is 4. The van der Waals surface area contributed by atoms with Gasteiger partial charge in [0, 0.05) is 5.02 Å². The lowest BCUT2D eigenvalue weighted by Gasteiger charge is -2.40. The molecule has 4 N–H and O–H groups in total. The summed E-state index contributed by atoms with van der Waals surface area (Å²) in [7, 11) is 0. The number of hydrogen-bond acceptors (Lipinski definition) is 7. The number of rotatable bonds is 7. The summed E-state index contributed by atoms with van der Waals surface area (Å²) in [5, 5.41) is 40.4. The molecule has 9 heteroatoms. The van der Waals surface area contributed by atoms with Crippen molar-refractivity contribution in [2.24, 2.45) is 0 Å². The van der Waals surface area contributed by atoms with Gasteiger partial charge in [0.1, 0.15) is 42.9 Å². The molecular weight excluding hydrogens is 443 g/mol. The third-order valence-corrected chi connectivity index (χ3v) is 6.20. The topological polar surface area (TPSA) is 109 Å². The van der Waals surface area contributed by atoms with Gasteiger partial charge in [-0.1, -0.05) is 35.9 Å². The Bertz CT molecular complexity index is 919. The average Bonchev–Trinajstić information content (AvgIpc) is 2.77. The normalized spacial score (nSPS) is 29.4. The number of ether oxygens (including phenoxy) is 3. The van der Waals surface area contributed by atoms with Crippen molar-refractivity contribution in [1.29, 1.82) is 0 Å². The number of halogens is 2. The van der Waals surface area contributed by atoms with E-state index in [0.717, 1.165) is 11.1 Å². The molecule has 0 amide bonds. The fourth-order valence-corrected chi connectivity index (χ4v) is 4.01. The molecule has 7 nitrogen and oxygen atoms in total. The monoisotopic (exact) mass is 468 g/mol. The van der Waals surface area contributed by atoms with Crippen molar-refractivity contribution < 1.29 is 39.0 Å². The third kappa shape index (κ3) is 4.92. The lowest BCUT2D eigenvalue weighted by molar-refractivity contribution is -0.231. The largest absolute Gasteiger partial charge is 0.490 e. The Kier molecular flexibility index (Phi) is 7.02. The first-order valence-corrected chi connectivity index (χ1v) is 10.7. The van der Waals surface area contributed by atoms with Crippen LogP contribution in [0.25, 0.3) is 0 Å². The molecule has 5 atom stereocenters. The van der Waals surface area contributed by atoms with Crippen LogP contribution in [0.4, 0.5) is 4.39 Å². The highest BCUT2D eigenvalue weighted by atomic mass is 35.5. The van der Waals surface area contributed by atoms with E-state index in [4.69, 9.17) is 25.8 Å². The Balaban J connectivity index is 1.46. The minimum atomic E-state index is -1.45. The second-order valence-corrected chi connectivity index (χ2v) is 8.76. The van der Waals surface area contributed by atoms with Crippen molar-refractivity contribution in [3.63, 3.8) is 0 Å². The van der Waals surface area contributed by atoms with Crippen molar-refractivity contribution >= 4 is 11.6 Å². The maximum Gasteiger partial charge on any atom is 0.190 e.